The highest BCUT2D eigenvalue weighted by Crippen LogP contribution is 2.34. The number of amides is 1. The van der Waals surface area contributed by atoms with Crippen LogP contribution in [0.25, 0.3) is 22.3 Å². The second kappa shape index (κ2) is 9.82. The fourth-order valence-corrected chi connectivity index (χ4v) is 5.24. The highest BCUT2D eigenvalue weighted by molar-refractivity contribution is 5.96. The number of hydrogen-bond acceptors (Lipinski definition) is 6. The Balaban J connectivity index is 1.09. The topological polar surface area (TPSA) is 92.4 Å². The van der Waals surface area contributed by atoms with Gasteiger partial charge in [0.1, 0.15) is 11.6 Å². The van der Waals surface area contributed by atoms with Crippen molar-refractivity contribution in [3.8, 4) is 22.9 Å². The summed E-state index contributed by atoms with van der Waals surface area (Å²) >= 11 is 0. The number of anilines is 1. The lowest BCUT2D eigenvalue weighted by Gasteiger charge is -2.31. The molecule has 190 valence electrons. The third-order valence-electron chi connectivity index (χ3n) is 7.29. The molecule has 0 aliphatic carbocycles. The van der Waals surface area contributed by atoms with E-state index >= 15 is 0 Å². The number of ether oxygens (including phenoxy) is 2. The van der Waals surface area contributed by atoms with E-state index in [4.69, 9.17) is 9.47 Å². The van der Waals surface area contributed by atoms with Gasteiger partial charge in [-0.05, 0) is 68.8 Å². The van der Waals surface area contributed by atoms with Gasteiger partial charge < -0.3 is 24.7 Å². The summed E-state index contributed by atoms with van der Waals surface area (Å²) in [7, 11) is 1.55. The van der Waals surface area contributed by atoms with Gasteiger partial charge in [0, 0.05) is 41.0 Å². The van der Waals surface area contributed by atoms with Crippen molar-refractivity contribution in [2.24, 2.45) is 0 Å². The van der Waals surface area contributed by atoms with E-state index in [1.807, 2.05) is 24.3 Å². The summed E-state index contributed by atoms with van der Waals surface area (Å²) < 4.78 is 25.3. The number of likely N-dealkylation sites (tertiary alicyclic amines) is 1. The molecule has 0 unspecified atom stereocenters. The van der Waals surface area contributed by atoms with Crippen LogP contribution in [0.2, 0.25) is 0 Å². The predicted octanol–water partition coefficient (Wildman–Crippen LogP) is 4.53. The maximum absolute atomic E-state index is 14.7. The maximum atomic E-state index is 14.7. The molecule has 9 heteroatoms. The summed E-state index contributed by atoms with van der Waals surface area (Å²) in [6.07, 6.45) is 3.91. The van der Waals surface area contributed by atoms with Crippen molar-refractivity contribution in [2.45, 2.75) is 25.2 Å². The van der Waals surface area contributed by atoms with Crippen molar-refractivity contribution in [3.63, 3.8) is 0 Å². The van der Waals surface area contributed by atoms with Gasteiger partial charge in [-0.25, -0.2) is 9.37 Å². The highest BCUT2D eigenvalue weighted by Gasteiger charge is 2.23. The minimum absolute atomic E-state index is 0.0530. The number of halogens is 1. The molecule has 0 atom stereocenters. The number of benzene rings is 1. The first kappa shape index (κ1) is 23.4. The molecule has 8 nitrogen and oxygen atoms in total. The van der Waals surface area contributed by atoms with Crippen LogP contribution in [-0.4, -0.2) is 59.1 Å². The van der Waals surface area contributed by atoms with Gasteiger partial charge >= 0.3 is 0 Å². The van der Waals surface area contributed by atoms with Crippen LogP contribution < -0.4 is 14.8 Å². The van der Waals surface area contributed by atoms with Gasteiger partial charge in [-0.3, -0.25) is 9.78 Å². The maximum Gasteiger partial charge on any atom is 0.262 e. The smallest absolute Gasteiger partial charge is 0.262 e. The normalized spacial score (nSPS) is 16.3. The number of piperidine rings is 1. The van der Waals surface area contributed by atoms with Gasteiger partial charge in [0.2, 0.25) is 5.88 Å². The molecule has 0 bridgehead atoms. The number of methoxy groups -OCH3 is 1. The number of carbonyl (C=O) groups is 1. The lowest BCUT2D eigenvalue weighted by molar-refractivity contribution is -0.118. The number of H-pyrrole nitrogens is 1. The second-order valence-electron chi connectivity index (χ2n) is 9.55. The third kappa shape index (κ3) is 4.74. The first-order chi connectivity index (χ1) is 18.1. The summed E-state index contributed by atoms with van der Waals surface area (Å²) in [4.78, 5) is 26.2. The molecule has 3 aromatic heterocycles. The number of carbonyl (C=O) groups excluding carboxylic acids is 1. The molecule has 0 spiro atoms. The van der Waals surface area contributed by atoms with E-state index in [2.05, 4.69) is 37.3 Å². The minimum Gasteiger partial charge on any atom is -0.482 e. The Kier molecular flexibility index (Phi) is 6.21. The Morgan fingerprint density at radius 1 is 1.16 bits per heavy atom. The number of hydrogen-bond donors (Lipinski definition) is 2. The van der Waals surface area contributed by atoms with Gasteiger partial charge in [-0.2, -0.15) is 0 Å². The van der Waals surface area contributed by atoms with Gasteiger partial charge in [-0.15, -0.1) is 0 Å². The zero-order valence-corrected chi connectivity index (χ0v) is 20.6. The molecule has 5 heterocycles. The van der Waals surface area contributed by atoms with Gasteiger partial charge in [0.05, 0.1) is 30.0 Å². The molecule has 0 saturated carbocycles. The molecule has 2 aliphatic heterocycles. The van der Waals surface area contributed by atoms with Crippen LogP contribution in [0, 0.1) is 5.82 Å². The Morgan fingerprint density at radius 3 is 2.86 bits per heavy atom. The molecule has 1 amide bonds. The standard InChI is InChI=1S/C28H28FN5O3/c1-36-27-7-5-23-28(33-27)19(20(29)15-30-23)10-13-34-11-8-17(9-12-34)21-3-4-22(31-21)18-2-6-25-24(14-18)32-26(35)16-37-25/h2-7,14-15,17,31H,8-13,16H2,1H3,(H,32,35). The monoisotopic (exact) mass is 501 g/mol. The number of aromatic amines is 1. The molecule has 37 heavy (non-hydrogen) atoms. The molecular weight excluding hydrogens is 473 g/mol. The van der Waals surface area contributed by atoms with Crippen LogP contribution in [0.1, 0.15) is 30.0 Å². The zero-order valence-electron chi connectivity index (χ0n) is 20.6. The van der Waals surface area contributed by atoms with Crippen LogP contribution in [0.3, 0.4) is 0 Å². The second-order valence-corrected chi connectivity index (χ2v) is 9.55. The van der Waals surface area contributed by atoms with Crippen molar-refractivity contribution in [2.75, 3.05) is 38.7 Å². The van der Waals surface area contributed by atoms with E-state index in [1.54, 1.807) is 13.2 Å². The largest absolute Gasteiger partial charge is 0.482 e. The van der Waals surface area contributed by atoms with Gasteiger partial charge in [-0.1, -0.05) is 0 Å². The fraction of sp³-hybridized carbons (Fsp3) is 0.321. The Bertz CT molecular complexity index is 1460. The molecule has 2 aliphatic rings. The molecule has 0 radical (unpaired) electrons. The third-order valence-corrected chi connectivity index (χ3v) is 7.29. The lowest BCUT2D eigenvalue weighted by atomic mass is 9.93. The van der Waals surface area contributed by atoms with Crippen molar-refractivity contribution in [1.82, 2.24) is 19.9 Å². The average Bonchev–Trinajstić information content (AvgIpc) is 3.42. The van der Waals surface area contributed by atoms with Crippen molar-refractivity contribution in [3.05, 3.63) is 65.7 Å². The lowest BCUT2D eigenvalue weighted by Crippen LogP contribution is -2.34. The molecule has 4 aromatic rings. The SMILES string of the molecule is COc1ccc2ncc(F)c(CCN3CCC(c4ccc(-c5ccc6c(c5)NC(=O)CO6)[nH]4)CC3)c2n1. The molecule has 1 saturated heterocycles. The van der Waals surface area contributed by atoms with Crippen molar-refractivity contribution < 1.29 is 18.7 Å². The quantitative estimate of drug-likeness (QED) is 0.404. The molecule has 1 aromatic carbocycles. The fourth-order valence-electron chi connectivity index (χ4n) is 5.24. The van der Waals surface area contributed by atoms with Crippen LogP contribution in [0.15, 0.2) is 48.7 Å². The first-order valence-electron chi connectivity index (χ1n) is 12.5. The van der Waals surface area contributed by atoms with E-state index in [1.165, 1.54) is 11.9 Å². The Labute approximate surface area is 213 Å². The molecule has 2 N–H and O–H groups in total. The van der Waals surface area contributed by atoms with E-state index < -0.39 is 0 Å². The summed E-state index contributed by atoms with van der Waals surface area (Å²) in [6, 6.07) is 13.6. The number of nitrogens with one attached hydrogen (secondary N) is 2. The molecule has 1 fully saturated rings. The number of nitrogens with zero attached hydrogens (tertiary/aromatic N) is 3. The zero-order chi connectivity index (χ0) is 25.4. The highest BCUT2D eigenvalue weighted by atomic mass is 19.1. The van der Waals surface area contributed by atoms with Crippen LogP contribution in [0.4, 0.5) is 10.1 Å². The summed E-state index contributed by atoms with van der Waals surface area (Å²) in [5, 5.41) is 2.87. The van der Waals surface area contributed by atoms with E-state index in [0.29, 0.717) is 46.3 Å². The van der Waals surface area contributed by atoms with Crippen LogP contribution in [0.5, 0.6) is 11.6 Å². The Morgan fingerprint density at radius 2 is 2.03 bits per heavy atom. The average molecular weight is 502 g/mol. The summed E-state index contributed by atoms with van der Waals surface area (Å²) in [5.41, 5.74) is 5.77. The minimum atomic E-state index is -0.324. The number of rotatable bonds is 6. The Hall–Kier alpha value is -3.98. The van der Waals surface area contributed by atoms with E-state index in [0.717, 1.165) is 43.7 Å². The van der Waals surface area contributed by atoms with Crippen LogP contribution >= 0.6 is 0 Å². The first-order valence-corrected chi connectivity index (χ1v) is 12.5. The molecular formula is C28H28FN5O3. The number of pyridine rings is 2. The molecule has 6 rings (SSSR count). The summed E-state index contributed by atoms with van der Waals surface area (Å²) in [6.45, 7) is 2.71. The van der Waals surface area contributed by atoms with Crippen molar-refractivity contribution >= 4 is 22.6 Å². The van der Waals surface area contributed by atoms with Gasteiger partial charge in [0.15, 0.2) is 6.61 Å². The number of fused-ring (bicyclic) bond motifs is 2. The number of aromatic nitrogens is 3. The summed E-state index contributed by atoms with van der Waals surface area (Å²) in [5.74, 6) is 1.13. The van der Waals surface area contributed by atoms with Crippen molar-refractivity contribution in [1.29, 1.82) is 0 Å². The van der Waals surface area contributed by atoms with Crippen LogP contribution in [-0.2, 0) is 11.2 Å². The van der Waals surface area contributed by atoms with E-state index in [-0.39, 0.29) is 18.3 Å². The van der Waals surface area contributed by atoms with Gasteiger partial charge in [0.25, 0.3) is 5.91 Å². The van der Waals surface area contributed by atoms with E-state index in [9.17, 15) is 9.18 Å². The predicted molar refractivity (Wildman–Crippen MR) is 139 cm³/mol.